The molecule has 1 saturated carbocycles. The first kappa shape index (κ1) is 18.8. The van der Waals surface area contributed by atoms with Gasteiger partial charge in [0.1, 0.15) is 11.8 Å². The monoisotopic (exact) mass is 423 g/mol. The van der Waals surface area contributed by atoms with Gasteiger partial charge in [0.2, 0.25) is 5.95 Å². The molecule has 10 heteroatoms. The second-order valence-corrected chi connectivity index (χ2v) is 7.95. The standard InChI is InChI=1S/C20H18ClN7O2/c1-26-16-17(21)24-19(27-10-23-14-7-2-11(9-22)8-15(14)27)25-18(16)28(20(26)30)12-3-5-13(29)6-4-12/h2,7-8,10,12-13,29H,3-6H2,1H3. The summed E-state index contributed by atoms with van der Waals surface area (Å²) in [5, 5.41) is 19.2. The van der Waals surface area contributed by atoms with Gasteiger partial charge < -0.3 is 5.11 Å². The van der Waals surface area contributed by atoms with Gasteiger partial charge in [-0.2, -0.15) is 15.2 Å². The van der Waals surface area contributed by atoms with Gasteiger partial charge in [0.15, 0.2) is 10.8 Å². The number of hydrogen-bond acceptors (Lipinski definition) is 6. The van der Waals surface area contributed by atoms with Crippen LogP contribution in [0.4, 0.5) is 0 Å². The highest BCUT2D eigenvalue weighted by Gasteiger charge is 2.27. The van der Waals surface area contributed by atoms with E-state index in [0.29, 0.717) is 53.4 Å². The third-order valence-corrected chi connectivity index (χ3v) is 6.05. The van der Waals surface area contributed by atoms with Crippen LogP contribution in [0.2, 0.25) is 5.15 Å². The summed E-state index contributed by atoms with van der Waals surface area (Å²) in [7, 11) is 1.65. The van der Waals surface area contributed by atoms with Crippen LogP contribution < -0.4 is 5.69 Å². The van der Waals surface area contributed by atoms with Gasteiger partial charge in [-0.1, -0.05) is 11.6 Å². The van der Waals surface area contributed by atoms with Crippen molar-refractivity contribution < 1.29 is 5.11 Å². The van der Waals surface area contributed by atoms with Gasteiger partial charge in [-0.15, -0.1) is 0 Å². The van der Waals surface area contributed by atoms with Gasteiger partial charge in [0.05, 0.1) is 28.8 Å². The van der Waals surface area contributed by atoms with E-state index >= 15 is 0 Å². The molecule has 3 aromatic heterocycles. The number of aliphatic hydroxyl groups is 1. The minimum absolute atomic E-state index is 0.0619. The molecule has 5 rings (SSSR count). The summed E-state index contributed by atoms with van der Waals surface area (Å²) in [6, 6.07) is 7.23. The molecule has 0 spiro atoms. The summed E-state index contributed by atoms with van der Waals surface area (Å²) in [6.07, 6.45) is 3.91. The van der Waals surface area contributed by atoms with Crippen molar-refractivity contribution in [1.29, 1.82) is 5.26 Å². The normalized spacial score (nSPS) is 19.4. The molecule has 3 heterocycles. The van der Waals surface area contributed by atoms with Crippen LogP contribution in [0.25, 0.3) is 28.1 Å². The van der Waals surface area contributed by atoms with Crippen molar-refractivity contribution in [2.75, 3.05) is 0 Å². The van der Waals surface area contributed by atoms with Gasteiger partial charge in [-0.05, 0) is 43.9 Å². The highest BCUT2D eigenvalue weighted by Crippen LogP contribution is 2.31. The van der Waals surface area contributed by atoms with Gasteiger partial charge in [-0.3, -0.25) is 13.7 Å². The van der Waals surface area contributed by atoms with Crippen LogP contribution in [0.1, 0.15) is 37.3 Å². The number of aliphatic hydroxyl groups excluding tert-OH is 1. The second kappa shape index (κ2) is 6.93. The number of hydrogen-bond donors (Lipinski definition) is 1. The molecule has 1 fully saturated rings. The number of rotatable bonds is 2. The average molecular weight is 424 g/mol. The van der Waals surface area contributed by atoms with E-state index < -0.39 is 0 Å². The summed E-state index contributed by atoms with van der Waals surface area (Å²) in [4.78, 5) is 26.4. The fourth-order valence-corrected chi connectivity index (χ4v) is 4.49. The molecule has 0 unspecified atom stereocenters. The summed E-state index contributed by atoms with van der Waals surface area (Å²) < 4.78 is 4.79. The lowest BCUT2D eigenvalue weighted by atomic mass is 9.93. The Balaban J connectivity index is 1.73. The quantitative estimate of drug-likeness (QED) is 0.495. The number of nitrogens with zero attached hydrogens (tertiary/aromatic N) is 7. The van der Waals surface area contributed by atoms with E-state index in [9.17, 15) is 15.2 Å². The van der Waals surface area contributed by atoms with Crippen LogP contribution in [-0.2, 0) is 7.05 Å². The van der Waals surface area contributed by atoms with Crippen molar-refractivity contribution in [2.45, 2.75) is 37.8 Å². The molecular formula is C20H18ClN7O2. The van der Waals surface area contributed by atoms with Crippen molar-refractivity contribution >= 4 is 33.8 Å². The highest BCUT2D eigenvalue weighted by molar-refractivity contribution is 6.33. The van der Waals surface area contributed by atoms with E-state index in [-0.39, 0.29) is 28.9 Å². The molecular weight excluding hydrogens is 406 g/mol. The van der Waals surface area contributed by atoms with Crippen molar-refractivity contribution in [3.05, 3.63) is 45.7 Å². The van der Waals surface area contributed by atoms with Crippen LogP contribution in [0, 0.1) is 11.3 Å². The molecule has 0 bridgehead atoms. The number of benzene rings is 1. The van der Waals surface area contributed by atoms with Crippen molar-refractivity contribution in [2.24, 2.45) is 7.05 Å². The topological polar surface area (TPSA) is 115 Å². The molecule has 1 aliphatic rings. The summed E-state index contributed by atoms with van der Waals surface area (Å²) in [5.41, 5.74) is 2.59. The van der Waals surface area contributed by atoms with E-state index in [1.807, 2.05) is 0 Å². The van der Waals surface area contributed by atoms with Gasteiger partial charge >= 0.3 is 5.69 Å². The first-order valence-electron chi connectivity index (χ1n) is 9.68. The number of imidazole rings is 2. The van der Waals surface area contributed by atoms with Gasteiger partial charge in [0.25, 0.3) is 0 Å². The van der Waals surface area contributed by atoms with Crippen molar-refractivity contribution in [3.63, 3.8) is 0 Å². The van der Waals surface area contributed by atoms with Crippen LogP contribution in [0.3, 0.4) is 0 Å². The van der Waals surface area contributed by atoms with Crippen molar-refractivity contribution in [3.8, 4) is 12.0 Å². The van der Waals surface area contributed by atoms with Crippen LogP contribution in [-0.4, -0.2) is 39.9 Å². The Morgan fingerprint density at radius 2 is 2.00 bits per heavy atom. The zero-order valence-electron chi connectivity index (χ0n) is 16.2. The highest BCUT2D eigenvalue weighted by atomic mass is 35.5. The number of fused-ring (bicyclic) bond motifs is 2. The number of halogens is 1. The van der Waals surface area contributed by atoms with Gasteiger partial charge in [0, 0.05) is 13.1 Å². The van der Waals surface area contributed by atoms with Crippen molar-refractivity contribution in [1.82, 2.24) is 28.7 Å². The maximum atomic E-state index is 13.0. The third-order valence-electron chi connectivity index (χ3n) is 5.79. The Hall–Kier alpha value is -3.22. The first-order valence-corrected chi connectivity index (χ1v) is 10.1. The number of aromatic nitrogens is 6. The SMILES string of the molecule is Cn1c(=O)n(C2CCC(O)CC2)c2nc(-n3cnc4ccc(C#N)cc43)nc(Cl)c21. The number of aryl methyl sites for hydroxylation is 1. The van der Waals surface area contributed by atoms with E-state index in [2.05, 4.69) is 21.0 Å². The van der Waals surface area contributed by atoms with Gasteiger partial charge in [-0.25, -0.2) is 9.78 Å². The Kier molecular flexibility index (Phi) is 4.34. The molecule has 152 valence electrons. The van der Waals surface area contributed by atoms with E-state index in [4.69, 9.17) is 11.6 Å². The first-order chi connectivity index (χ1) is 14.5. The van der Waals surface area contributed by atoms with E-state index in [0.717, 1.165) is 0 Å². The zero-order valence-corrected chi connectivity index (χ0v) is 16.9. The lowest BCUT2D eigenvalue weighted by molar-refractivity contribution is 0.110. The van der Waals surface area contributed by atoms with E-state index in [1.165, 1.54) is 4.57 Å². The minimum atomic E-state index is -0.327. The molecule has 30 heavy (non-hydrogen) atoms. The Morgan fingerprint density at radius 3 is 2.73 bits per heavy atom. The smallest absolute Gasteiger partial charge is 0.330 e. The Labute approximate surface area is 175 Å². The minimum Gasteiger partial charge on any atom is -0.393 e. The molecule has 0 aliphatic heterocycles. The summed E-state index contributed by atoms with van der Waals surface area (Å²) in [6.45, 7) is 0. The molecule has 9 nitrogen and oxygen atoms in total. The Bertz CT molecular complexity index is 1390. The molecule has 0 atom stereocenters. The fraction of sp³-hybridized carbons (Fsp3) is 0.350. The van der Waals surface area contributed by atoms with E-state index in [1.54, 1.807) is 40.7 Å². The maximum absolute atomic E-state index is 13.0. The summed E-state index contributed by atoms with van der Waals surface area (Å²) in [5.74, 6) is 0.278. The molecule has 4 aromatic rings. The molecule has 0 saturated heterocycles. The maximum Gasteiger partial charge on any atom is 0.330 e. The van der Waals surface area contributed by atoms with Crippen LogP contribution >= 0.6 is 11.6 Å². The van der Waals surface area contributed by atoms with Crippen LogP contribution in [0.15, 0.2) is 29.3 Å². The predicted octanol–water partition coefficient (Wildman–Crippen LogP) is 2.47. The summed E-state index contributed by atoms with van der Waals surface area (Å²) >= 11 is 6.49. The average Bonchev–Trinajstić information content (AvgIpc) is 3.27. The molecule has 0 radical (unpaired) electrons. The third kappa shape index (κ3) is 2.80. The largest absolute Gasteiger partial charge is 0.393 e. The fourth-order valence-electron chi connectivity index (χ4n) is 4.20. The lowest BCUT2D eigenvalue weighted by Crippen LogP contribution is -2.30. The number of nitriles is 1. The zero-order chi connectivity index (χ0) is 21.0. The van der Waals surface area contributed by atoms with Crippen LogP contribution in [0.5, 0.6) is 0 Å². The Morgan fingerprint density at radius 1 is 1.23 bits per heavy atom. The predicted molar refractivity (Wildman–Crippen MR) is 111 cm³/mol. The second-order valence-electron chi connectivity index (χ2n) is 7.59. The molecule has 1 aliphatic carbocycles. The molecule has 1 aromatic carbocycles. The molecule has 0 amide bonds. The lowest BCUT2D eigenvalue weighted by Gasteiger charge is -2.26. The molecule has 1 N–H and O–H groups in total.